The number of aryl methyl sites for hydroxylation is 4. The number of amides is 1. The van der Waals surface area contributed by atoms with E-state index in [1.165, 1.54) is 27.8 Å². The largest absolute Gasteiger partial charge is 0.331 e. The number of carbonyl (C=O) groups excluding carboxylic acids is 1. The van der Waals surface area contributed by atoms with E-state index in [0.29, 0.717) is 6.54 Å². The molecule has 3 N–H and O–H groups in total. The molecule has 2 aliphatic rings. The van der Waals surface area contributed by atoms with Gasteiger partial charge in [-0.05, 0) is 62.1 Å². The molecule has 2 heterocycles. The van der Waals surface area contributed by atoms with Crippen molar-refractivity contribution in [1.82, 2.24) is 16.1 Å². The molecular formula is C22H28N4OS. The number of anilines is 1. The fourth-order valence-electron chi connectivity index (χ4n) is 3.79. The maximum atomic E-state index is 12.7. The minimum atomic E-state index is -0.109. The minimum Gasteiger partial charge on any atom is -0.331 e. The first-order chi connectivity index (χ1) is 13.4. The molecule has 6 heteroatoms. The maximum Gasteiger partial charge on any atom is 0.229 e. The average Bonchev–Trinajstić information content (AvgIpc) is 3.09. The van der Waals surface area contributed by atoms with E-state index < -0.39 is 0 Å². The Morgan fingerprint density at radius 1 is 1.04 bits per heavy atom. The van der Waals surface area contributed by atoms with E-state index in [0.717, 1.165) is 11.4 Å². The van der Waals surface area contributed by atoms with E-state index in [4.69, 9.17) is 0 Å². The second-order valence-electron chi connectivity index (χ2n) is 7.85. The van der Waals surface area contributed by atoms with Crippen LogP contribution in [0.4, 0.5) is 5.69 Å². The predicted molar refractivity (Wildman–Crippen MR) is 116 cm³/mol. The third-order valence-electron chi connectivity index (χ3n) is 5.75. The Morgan fingerprint density at radius 2 is 1.82 bits per heavy atom. The summed E-state index contributed by atoms with van der Waals surface area (Å²) >= 11 is 1.73. The summed E-state index contributed by atoms with van der Waals surface area (Å²) < 4.78 is 0. The fourth-order valence-corrected chi connectivity index (χ4v) is 4.88. The lowest BCUT2D eigenvalue weighted by atomic mass is 10.0. The smallest absolute Gasteiger partial charge is 0.229 e. The number of hydrogen-bond acceptors (Lipinski definition) is 5. The van der Waals surface area contributed by atoms with Gasteiger partial charge in [0, 0.05) is 12.3 Å². The number of benzene rings is 2. The highest BCUT2D eigenvalue weighted by Gasteiger charge is 2.44. The van der Waals surface area contributed by atoms with E-state index in [9.17, 15) is 4.79 Å². The van der Waals surface area contributed by atoms with Gasteiger partial charge in [0.1, 0.15) is 11.7 Å². The average molecular weight is 397 g/mol. The van der Waals surface area contributed by atoms with Crippen molar-refractivity contribution in [3.63, 3.8) is 0 Å². The van der Waals surface area contributed by atoms with Gasteiger partial charge in [-0.1, -0.05) is 29.8 Å². The highest BCUT2D eigenvalue weighted by atomic mass is 32.2. The lowest BCUT2D eigenvalue weighted by Gasteiger charge is -2.37. The van der Waals surface area contributed by atoms with E-state index in [2.05, 4.69) is 85.2 Å². The number of carbonyl (C=O) groups is 1. The summed E-state index contributed by atoms with van der Waals surface area (Å²) in [5.41, 5.74) is 10.8. The Labute approximate surface area is 171 Å². The summed E-state index contributed by atoms with van der Waals surface area (Å²) in [5.74, 6) is 0.875. The molecule has 0 aliphatic carbocycles. The van der Waals surface area contributed by atoms with Gasteiger partial charge in [0.25, 0.3) is 0 Å². The molecule has 0 radical (unpaired) electrons. The zero-order valence-corrected chi connectivity index (χ0v) is 17.7. The summed E-state index contributed by atoms with van der Waals surface area (Å²) in [7, 11) is 0. The number of hydrogen-bond donors (Lipinski definition) is 3. The van der Waals surface area contributed by atoms with Crippen LogP contribution in [-0.4, -0.2) is 24.1 Å². The van der Waals surface area contributed by atoms with Crippen LogP contribution in [0.5, 0.6) is 0 Å². The summed E-state index contributed by atoms with van der Waals surface area (Å²) in [6.45, 7) is 9.14. The Balaban J connectivity index is 1.48. The van der Waals surface area contributed by atoms with Crippen molar-refractivity contribution in [2.75, 3.05) is 11.6 Å². The van der Waals surface area contributed by atoms with Gasteiger partial charge >= 0.3 is 0 Å². The van der Waals surface area contributed by atoms with Crippen LogP contribution in [0.3, 0.4) is 0 Å². The summed E-state index contributed by atoms with van der Waals surface area (Å²) in [6.07, 6.45) is -0.0491. The Morgan fingerprint density at radius 3 is 2.61 bits per heavy atom. The van der Waals surface area contributed by atoms with Crippen LogP contribution < -0.4 is 21.1 Å². The van der Waals surface area contributed by atoms with Gasteiger partial charge in [0.15, 0.2) is 0 Å². The van der Waals surface area contributed by atoms with Crippen LogP contribution >= 0.6 is 11.8 Å². The highest BCUT2D eigenvalue weighted by Crippen LogP contribution is 2.29. The van der Waals surface area contributed by atoms with Crippen molar-refractivity contribution in [1.29, 1.82) is 0 Å². The predicted octanol–water partition coefficient (Wildman–Crippen LogP) is 3.12. The second kappa shape index (κ2) is 7.78. The molecule has 3 atom stereocenters. The molecule has 2 saturated heterocycles. The quantitative estimate of drug-likeness (QED) is 0.741. The number of nitrogens with zero attached hydrogens (tertiary/aromatic N) is 1. The molecule has 0 spiro atoms. The molecule has 1 amide bonds. The van der Waals surface area contributed by atoms with Gasteiger partial charge in [-0.2, -0.15) is 0 Å². The Hall–Kier alpha value is -2.02. The molecule has 5 nitrogen and oxygen atoms in total. The van der Waals surface area contributed by atoms with Gasteiger partial charge < -0.3 is 5.32 Å². The normalized spacial score (nSPS) is 24.2. The number of rotatable bonds is 4. The SMILES string of the molecule is Cc1ccc(C)c(CSC2NC(=O)C3CNN(c4ccc(C)c(C)c4)C3N2)c1. The van der Waals surface area contributed by atoms with Crippen LogP contribution in [0.25, 0.3) is 0 Å². The molecule has 2 aromatic rings. The van der Waals surface area contributed by atoms with Crippen molar-refractivity contribution >= 4 is 23.4 Å². The second-order valence-corrected chi connectivity index (χ2v) is 8.94. The van der Waals surface area contributed by atoms with E-state index in [1.54, 1.807) is 11.8 Å². The molecule has 0 aromatic heterocycles. The van der Waals surface area contributed by atoms with Gasteiger partial charge in [-0.25, -0.2) is 5.43 Å². The molecule has 0 bridgehead atoms. The van der Waals surface area contributed by atoms with E-state index >= 15 is 0 Å². The first-order valence-corrected chi connectivity index (χ1v) is 10.8. The lowest BCUT2D eigenvalue weighted by Crippen LogP contribution is -2.63. The van der Waals surface area contributed by atoms with Crippen LogP contribution in [0, 0.1) is 33.6 Å². The number of fused-ring (bicyclic) bond motifs is 1. The summed E-state index contributed by atoms with van der Waals surface area (Å²) in [5, 5.41) is 8.87. The van der Waals surface area contributed by atoms with E-state index in [1.807, 2.05) is 0 Å². The highest BCUT2D eigenvalue weighted by molar-refractivity contribution is 7.99. The molecule has 2 fully saturated rings. The van der Waals surface area contributed by atoms with Gasteiger partial charge in [-0.15, -0.1) is 11.8 Å². The van der Waals surface area contributed by atoms with Crippen LogP contribution in [-0.2, 0) is 10.5 Å². The molecule has 0 saturated carbocycles. The van der Waals surface area contributed by atoms with Gasteiger partial charge in [0.2, 0.25) is 5.91 Å². The third-order valence-corrected chi connectivity index (χ3v) is 6.82. The molecule has 4 rings (SSSR count). The molecule has 2 aliphatic heterocycles. The van der Waals surface area contributed by atoms with Gasteiger partial charge in [-0.3, -0.25) is 15.1 Å². The van der Waals surface area contributed by atoms with Crippen LogP contribution in [0.15, 0.2) is 36.4 Å². The van der Waals surface area contributed by atoms with Crippen molar-refractivity contribution < 1.29 is 4.79 Å². The molecule has 28 heavy (non-hydrogen) atoms. The third kappa shape index (κ3) is 3.77. The summed E-state index contributed by atoms with van der Waals surface area (Å²) in [4.78, 5) is 12.7. The number of hydrazine groups is 1. The van der Waals surface area contributed by atoms with E-state index in [-0.39, 0.29) is 23.5 Å². The van der Waals surface area contributed by atoms with Crippen LogP contribution in [0.2, 0.25) is 0 Å². The summed E-state index contributed by atoms with van der Waals surface area (Å²) in [6, 6.07) is 13.0. The maximum absolute atomic E-state index is 12.7. The number of thioether (sulfide) groups is 1. The monoisotopic (exact) mass is 396 g/mol. The van der Waals surface area contributed by atoms with Crippen LogP contribution in [0.1, 0.15) is 27.8 Å². The Kier molecular flexibility index (Phi) is 5.36. The first kappa shape index (κ1) is 19.3. The van der Waals surface area contributed by atoms with Crippen molar-refractivity contribution in [3.05, 3.63) is 64.2 Å². The Bertz CT molecular complexity index is 900. The minimum absolute atomic E-state index is 0.0491. The van der Waals surface area contributed by atoms with Crippen molar-refractivity contribution in [2.45, 2.75) is 45.1 Å². The lowest BCUT2D eigenvalue weighted by molar-refractivity contribution is -0.127. The molecular weight excluding hydrogens is 368 g/mol. The standard InChI is InChI=1S/C22H28N4OS/c1-13-5-6-15(3)17(9-13)12-28-22-24-20-19(21(27)25-22)11-23-26(20)18-8-7-14(2)16(4)10-18/h5-10,19-20,22-24H,11-12H2,1-4H3,(H,25,27). The first-order valence-electron chi connectivity index (χ1n) is 9.76. The zero-order valence-electron chi connectivity index (χ0n) is 16.9. The fraction of sp³-hybridized carbons (Fsp3) is 0.409. The topological polar surface area (TPSA) is 56.4 Å². The van der Waals surface area contributed by atoms with Crippen molar-refractivity contribution in [3.8, 4) is 0 Å². The van der Waals surface area contributed by atoms with Crippen molar-refractivity contribution in [2.24, 2.45) is 5.92 Å². The zero-order chi connectivity index (χ0) is 19.8. The molecule has 2 aromatic carbocycles. The van der Waals surface area contributed by atoms with Gasteiger partial charge in [0.05, 0.1) is 11.6 Å². The molecule has 148 valence electrons. The number of nitrogens with one attached hydrogen (secondary N) is 3. The molecule has 3 unspecified atom stereocenters.